The summed E-state index contributed by atoms with van der Waals surface area (Å²) < 4.78 is 0. The molecule has 0 spiro atoms. The van der Waals surface area contributed by atoms with Crippen LogP contribution in [0.2, 0.25) is 0 Å². The van der Waals surface area contributed by atoms with E-state index in [0.717, 1.165) is 23.4 Å². The van der Waals surface area contributed by atoms with Gasteiger partial charge in [0.15, 0.2) is 0 Å². The second-order valence-corrected chi connectivity index (χ2v) is 4.46. The third kappa shape index (κ3) is 2.19. The van der Waals surface area contributed by atoms with E-state index in [1.807, 2.05) is 30.0 Å². The fourth-order valence-electron chi connectivity index (χ4n) is 2.09. The summed E-state index contributed by atoms with van der Waals surface area (Å²) in [6, 6.07) is 5.84. The highest BCUT2D eigenvalue weighted by molar-refractivity contribution is 5.49. The number of rotatable bonds is 2. The van der Waals surface area contributed by atoms with E-state index in [0.29, 0.717) is 13.1 Å². The van der Waals surface area contributed by atoms with Crippen molar-refractivity contribution in [3.8, 4) is 0 Å². The van der Waals surface area contributed by atoms with Crippen molar-refractivity contribution in [2.75, 3.05) is 18.8 Å². The SMILES string of the molecule is Cc1c(N)cccc1CN1CC(O)C(O)C1. The summed E-state index contributed by atoms with van der Waals surface area (Å²) in [4.78, 5) is 2.04. The van der Waals surface area contributed by atoms with Crippen molar-refractivity contribution in [3.05, 3.63) is 29.3 Å². The Morgan fingerprint density at radius 3 is 2.56 bits per heavy atom. The van der Waals surface area contributed by atoms with Gasteiger partial charge in [-0.2, -0.15) is 0 Å². The first-order chi connectivity index (χ1) is 7.58. The Balaban J connectivity index is 2.08. The average Bonchev–Trinajstić information content (AvgIpc) is 2.54. The molecule has 0 aliphatic carbocycles. The molecule has 0 amide bonds. The molecule has 2 atom stereocenters. The zero-order valence-corrected chi connectivity index (χ0v) is 9.43. The van der Waals surface area contributed by atoms with E-state index in [2.05, 4.69) is 0 Å². The minimum absolute atomic E-state index is 0.523. The minimum Gasteiger partial charge on any atom is -0.399 e. The van der Waals surface area contributed by atoms with Crippen molar-refractivity contribution in [2.45, 2.75) is 25.7 Å². The van der Waals surface area contributed by atoms with Crippen LogP contribution in [0.15, 0.2) is 18.2 Å². The van der Waals surface area contributed by atoms with Crippen molar-refractivity contribution < 1.29 is 10.2 Å². The molecule has 1 aliphatic rings. The van der Waals surface area contributed by atoms with Crippen molar-refractivity contribution >= 4 is 5.69 Å². The molecule has 2 rings (SSSR count). The van der Waals surface area contributed by atoms with Crippen LogP contribution in [-0.2, 0) is 6.54 Å². The Morgan fingerprint density at radius 2 is 1.94 bits per heavy atom. The zero-order valence-electron chi connectivity index (χ0n) is 9.43. The van der Waals surface area contributed by atoms with E-state index in [1.165, 1.54) is 0 Å². The number of hydrogen-bond acceptors (Lipinski definition) is 4. The number of aliphatic hydroxyl groups is 2. The molecule has 0 bridgehead atoms. The highest BCUT2D eigenvalue weighted by Crippen LogP contribution is 2.20. The first-order valence-corrected chi connectivity index (χ1v) is 5.50. The van der Waals surface area contributed by atoms with E-state index in [4.69, 9.17) is 5.73 Å². The minimum atomic E-state index is -0.624. The topological polar surface area (TPSA) is 69.7 Å². The van der Waals surface area contributed by atoms with Crippen LogP contribution in [0.1, 0.15) is 11.1 Å². The van der Waals surface area contributed by atoms with Crippen molar-refractivity contribution in [1.29, 1.82) is 0 Å². The van der Waals surface area contributed by atoms with Crippen LogP contribution in [0.3, 0.4) is 0 Å². The summed E-state index contributed by atoms with van der Waals surface area (Å²) in [5.41, 5.74) is 8.86. The van der Waals surface area contributed by atoms with Gasteiger partial charge in [0.2, 0.25) is 0 Å². The van der Waals surface area contributed by atoms with Crippen LogP contribution in [0.25, 0.3) is 0 Å². The maximum Gasteiger partial charge on any atom is 0.0938 e. The summed E-state index contributed by atoms with van der Waals surface area (Å²) in [6.45, 7) is 3.77. The lowest BCUT2D eigenvalue weighted by atomic mass is 10.1. The molecule has 1 heterocycles. The lowest BCUT2D eigenvalue weighted by Crippen LogP contribution is -2.22. The van der Waals surface area contributed by atoms with Gasteiger partial charge in [-0.1, -0.05) is 12.1 Å². The summed E-state index contributed by atoms with van der Waals surface area (Å²) in [5.74, 6) is 0. The molecule has 4 N–H and O–H groups in total. The fraction of sp³-hybridized carbons (Fsp3) is 0.500. The zero-order chi connectivity index (χ0) is 11.7. The number of nitrogens with zero attached hydrogens (tertiary/aromatic N) is 1. The molecule has 1 aliphatic heterocycles. The number of nitrogen functional groups attached to an aromatic ring is 1. The molecule has 0 saturated carbocycles. The van der Waals surface area contributed by atoms with E-state index in [-0.39, 0.29) is 0 Å². The highest BCUT2D eigenvalue weighted by atomic mass is 16.3. The van der Waals surface area contributed by atoms with Gasteiger partial charge >= 0.3 is 0 Å². The molecule has 1 saturated heterocycles. The Hall–Kier alpha value is -1.10. The molecule has 1 aromatic carbocycles. The van der Waals surface area contributed by atoms with Crippen molar-refractivity contribution in [3.63, 3.8) is 0 Å². The van der Waals surface area contributed by atoms with Crippen LogP contribution in [0, 0.1) is 6.92 Å². The molecular weight excluding hydrogens is 204 g/mol. The maximum atomic E-state index is 9.45. The van der Waals surface area contributed by atoms with Gasteiger partial charge in [0, 0.05) is 25.3 Å². The normalized spacial score (nSPS) is 26.2. The molecule has 1 fully saturated rings. The third-order valence-corrected chi connectivity index (χ3v) is 3.22. The standard InChI is InChI=1S/C12H18N2O2/c1-8-9(3-2-4-10(8)13)5-14-6-11(15)12(16)7-14/h2-4,11-12,15-16H,5-7,13H2,1H3. The number of hydrogen-bond donors (Lipinski definition) is 3. The van der Waals surface area contributed by atoms with Gasteiger partial charge in [-0.25, -0.2) is 0 Å². The predicted octanol–water partition coefficient (Wildman–Crippen LogP) is 0.115. The molecule has 1 aromatic rings. The molecule has 16 heavy (non-hydrogen) atoms. The third-order valence-electron chi connectivity index (χ3n) is 3.22. The van der Waals surface area contributed by atoms with Gasteiger partial charge in [0.25, 0.3) is 0 Å². The molecule has 0 aromatic heterocycles. The Kier molecular flexibility index (Phi) is 3.14. The van der Waals surface area contributed by atoms with Crippen LogP contribution >= 0.6 is 0 Å². The first-order valence-electron chi connectivity index (χ1n) is 5.50. The Labute approximate surface area is 95.3 Å². The van der Waals surface area contributed by atoms with Gasteiger partial charge < -0.3 is 15.9 Å². The fourth-order valence-corrected chi connectivity index (χ4v) is 2.09. The Bertz CT molecular complexity index is 371. The monoisotopic (exact) mass is 222 g/mol. The van der Waals surface area contributed by atoms with Gasteiger partial charge in [-0.05, 0) is 24.1 Å². The molecular formula is C12H18N2O2. The molecule has 2 unspecified atom stereocenters. The largest absolute Gasteiger partial charge is 0.399 e. The smallest absolute Gasteiger partial charge is 0.0938 e. The van der Waals surface area contributed by atoms with E-state index in [1.54, 1.807) is 0 Å². The van der Waals surface area contributed by atoms with E-state index < -0.39 is 12.2 Å². The Morgan fingerprint density at radius 1 is 1.31 bits per heavy atom. The summed E-state index contributed by atoms with van der Waals surface area (Å²) in [7, 11) is 0. The highest BCUT2D eigenvalue weighted by Gasteiger charge is 2.29. The lowest BCUT2D eigenvalue weighted by molar-refractivity contribution is 0.0572. The maximum absolute atomic E-state index is 9.45. The van der Waals surface area contributed by atoms with E-state index >= 15 is 0 Å². The van der Waals surface area contributed by atoms with Crippen LogP contribution in [-0.4, -0.2) is 40.4 Å². The van der Waals surface area contributed by atoms with Gasteiger partial charge in [-0.3, -0.25) is 4.90 Å². The number of likely N-dealkylation sites (tertiary alicyclic amines) is 1. The number of β-amino-alcohol motifs (C(OH)–C–C–N with tert-alkyl or cyclic N) is 2. The number of anilines is 1. The summed E-state index contributed by atoms with van der Waals surface area (Å²) >= 11 is 0. The molecule has 0 radical (unpaired) electrons. The lowest BCUT2D eigenvalue weighted by Gasteiger charge is -2.17. The average molecular weight is 222 g/mol. The molecule has 4 heteroatoms. The second-order valence-electron chi connectivity index (χ2n) is 4.46. The van der Waals surface area contributed by atoms with Crippen LogP contribution in [0.5, 0.6) is 0 Å². The van der Waals surface area contributed by atoms with Crippen molar-refractivity contribution in [1.82, 2.24) is 4.90 Å². The summed E-state index contributed by atoms with van der Waals surface area (Å²) in [6.07, 6.45) is -1.25. The van der Waals surface area contributed by atoms with Gasteiger partial charge in [0.1, 0.15) is 0 Å². The second kappa shape index (κ2) is 4.41. The number of benzene rings is 1. The van der Waals surface area contributed by atoms with Crippen LogP contribution < -0.4 is 5.73 Å². The number of nitrogens with two attached hydrogens (primary N) is 1. The quantitative estimate of drug-likeness (QED) is 0.621. The first kappa shape index (κ1) is 11.4. The molecule has 4 nitrogen and oxygen atoms in total. The number of aliphatic hydroxyl groups excluding tert-OH is 2. The van der Waals surface area contributed by atoms with E-state index in [9.17, 15) is 10.2 Å². The van der Waals surface area contributed by atoms with Crippen LogP contribution in [0.4, 0.5) is 5.69 Å². The van der Waals surface area contributed by atoms with Gasteiger partial charge in [0.05, 0.1) is 12.2 Å². The predicted molar refractivity (Wildman–Crippen MR) is 62.9 cm³/mol. The van der Waals surface area contributed by atoms with Crippen molar-refractivity contribution in [2.24, 2.45) is 0 Å². The van der Waals surface area contributed by atoms with Gasteiger partial charge in [-0.15, -0.1) is 0 Å². The summed E-state index contributed by atoms with van der Waals surface area (Å²) in [5, 5.41) is 18.9. The molecule has 88 valence electrons.